The molecule has 24 heavy (non-hydrogen) atoms. The average Bonchev–Trinajstić information content (AvgIpc) is 3.28. The fraction of sp³-hybridized carbons (Fsp3) is 0.474. The number of carbonyl (C=O) groups is 1. The largest absolute Gasteiger partial charge is 0.351 e. The van der Waals surface area contributed by atoms with Crippen molar-refractivity contribution in [3.8, 4) is 0 Å². The number of pyridine rings is 1. The van der Waals surface area contributed by atoms with Gasteiger partial charge >= 0.3 is 0 Å². The van der Waals surface area contributed by atoms with E-state index in [2.05, 4.69) is 27.8 Å². The Morgan fingerprint density at radius 2 is 2.17 bits per heavy atom. The van der Waals surface area contributed by atoms with Crippen molar-refractivity contribution in [3.05, 3.63) is 52.5 Å². The number of carbonyl (C=O) groups excluding carboxylic acids is 1. The molecule has 2 aromatic rings. The summed E-state index contributed by atoms with van der Waals surface area (Å²) in [5.41, 5.74) is 1.19. The van der Waals surface area contributed by atoms with E-state index in [9.17, 15) is 4.79 Å². The standard InChI is InChI=1S/C19H25N3OS/c23-19(18-9-4-13-24-18)22-12-5-11-21-17-8-3-6-15(17)14-16-7-1-2-10-20-16/h1-2,4,7,9-10,13,15,17,21H,3,5-6,8,11-12,14H2,(H,22,23). The molecular formula is C19H25N3OS. The van der Waals surface area contributed by atoms with Crippen LogP contribution >= 0.6 is 11.3 Å². The van der Waals surface area contributed by atoms with Crippen molar-refractivity contribution in [1.82, 2.24) is 15.6 Å². The maximum atomic E-state index is 11.9. The summed E-state index contributed by atoms with van der Waals surface area (Å²) in [6.45, 7) is 1.68. The number of rotatable bonds is 8. The number of nitrogens with zero attached hydrogens (tertiary/aromatic N) is 1. The zero-order chi connectivity index (χ0) is 16.6. The number of hydrogen-bond acceptors (Lipinski definition) is 4. The van der Waals surface area contributed by atoms with Gasteiger partial charge in [0.05, 0.1) is 4.88 Å². The van der Waals surface area contributed by atoms with Gasteiger partial charge in [0.15, 0.2) is 0 Å². The molecule has 0 bridgehead atoms. The van der Waals surface area contributed by atoms with E-state index in [-0.39, 0.29) is 5.91 Å². The first-order valence-electron chi connectivity index (χ1n) is 8.78. The first kappa shape index (κ1) is 17.1. The summed E-state index contributed by atoms with van der Waals surface area (Å²) >= 11 is 1.48. The first-order valence-corrected chi connectivity index (χ1v) is 9.66. The van der Waals surface area contributed by atoms with Gasteiger partial charge < -0.3 is 10.6 Å². The second-order valence-electron chi connectivity index (χ2n) is 6.36. The Bertz CT molecular complexity index is 615. The van der Waals surface area contributed by atoms with Crippen molar-refractivity contribution in [1.29, 1.82) is 0 Å². The molecule has 1 fully saturated rings. The van der Waals surface area contributed by atoms with Gasteiger partial charge in [0.1, 0.15) is 0 Å². The first-order chi connectivity index (χ1) is 11.8. The third kappa shape index (κ3) is 4.89. The van der Waals surface area contributed by atoms with Gasteiger partial charge in [0.25, 0.3) is 5.91 Å². The lowest BCUT2D eigenvalue weighted by Gasteiger charge is -2.21. The normalized spacial score (nSPS) is 20.2. The molecule has 1 aliphatic carbocycles. The maximum Gasteiger partial charge on any atom is 0.261 e. The lowest BCUT2D eigenvalue weighted by atomic mass is 9.97. The molecule has 128 valence electrons. The summed E-state index contributed by atoms with van der Waals surface area (Å²) in [4.78, 5) is 17.1. The summed E-state index contributed by atoms with van der Waals surface area (Å²) in [7, 11) is 0. The summed E-state index contributed by atoms with van der Waals surface area (Å²) in [5.74, 6) is 0.722. The van der Waals surface area contributed by atoms with Crippen LogP contribution in [0.25, 0.3) is 0 Å². The maximum absolute atomic E-state index is 11.9. The van der Waals surface area contributed by atoms with Crippen molar-refractivity contribution in [2.24, 2.45) is 5.92 Å². The van der Waals surface area contributed by atoms with Crippen molar-refractivity contribution in [2.45, 2.75) is 38.1 Å². The highest BCUT2D eigenvalue weighted by molar-refractivity contribution is 7.12. The molecule has 5 heteroatoms. The summed E-state index contributed by atoms with van der Waals surface area (Å²) in [6.07, 6.45) is 7.73. The molecule has 0 spiro atoms. The van der Waals surface area contributed by atoms with E-state index in [0.29, 0.717) is 12.0 Å². The van der Waals surface area contributed by atoms with E-state index in [0.717, 1.165) is 30.8 Å². The lowest BCUT2D eigenvalue weighted by Crippen LogP contribution is -2.35. The SMILES string of the molecule is O=C(NCCCNC1CCCC1Cc1ccccn1)c1cccs1. The van der Waals surface area contributed by atoms with Crippen LogP contribution in [0, 0.1) is 5.92 Å². The van der Waals surface area contributed by atoms with Gasteiger partial charge in [-0.25, -0.2) is 0 Å². The van der Waals surface area contributed by atoms with E-state index in [1.807, 2.05) is 29.8 Å². The fourth-order valence-electron chi connectivity index (χ4n) is 3.41. The fourth-order valence-corrected chi connectivity index (χ4v) is 4.05. The number of aromatic nitrogens is 1. The molecule has 2 N–H and O–H groups in total. The molecule has 0 aromatic carbocycles. The van der Waals surface area contributed by atoms with Crippen LogP contribution in [-0.4, -0.2) is 30.0 Å². The van der Waals surface area contributed by atoms with Crippen LogP contribution in [0.5, 0.6) is 0 Å². The van der Waals surface area contributed by atoms with Crippen LogP contribution in [0.15, 0.2) is 41.9 Å². The molecule has 0 saturated heterocycles. The second kappa shape index (κ2) is 8.94. The third-order valence-corrected chi connectivity index (χ3v) is 5.52. The van der Waals surface area contributed by atoms with E-state index in [1.54, 1.807) is 0 Å². The van der Waals surface area contributed by atoms with E-state index >= 15 is 0 Å². The lowest BCUT2D eigenvalue weighted by molar-refractivity contribution is 0.0957. The van der Waals surface area contributed by atoms with Crippen molar-refractivity contribution < 1.29 is 4.79 Å². The summed E-state index contributed by atoms with van der Waals surface area (Å²) in [6, 6.07) is 10.5. The minimum atomic E-state index is 0.0406. The molecule has 1 amide bonds. The number of thiophene rings is 1. The number of nitrogens with one attached hydrogen (secondary N) is 2. The Labute approximate surface area is 147 Å². The molecule has 1 saturated carbocycles. The number of hydrogen-bond donors (Lipinski definition) is 2. The zero-order valence-corrected chi connectivity index (χ0v) is 14.7. The predicted molar refractivity (Wildman–Crippen MR) is 98.3 cm³/mol. The van der Waals surface area contributed by atoms with Crippen LogP contribution in [0.3, 0.4) is 0 Å². The summed E-state index contributed by atoms with van der Waals surface area (Å²) < 4.78 is 0. The Balaban J connectivity index is 1.34. The van der Waals surface area contributed by atoms with Crippen LogP contribution in [-0.2, 0) is 6.42 Å². The van der Waals surface area contributed by atoms with Crippen molar-refractivity contribution in [3.63, 3.8) is 0 Å². The minimum Gasteiger partial charge on any atom is -0.351 e. The Morgan fingerprint density at radius 1 is 1.21 bits per heavy atom. The Morgan fingerprint density at radius 3 is 2.96 bits per heavy atom. The highest BCUT2D eigenvalue weighted by Gasteiger charge is 2.26. The second-order valence-corrected chi connectivity index (χ2v) is 7.31. The van der Waals surface area contributed by atoms with Gasteiger partial charge in [-0.2, -0.15) is 0 Å². The molecule has 2 heterocycles. The van der Waals surface area contributed by atoms with Gasteiger partial charge in [-0.1, -0.05) is 18.6 Å². The third-order valence-electron chi connectivity index (χ3n) is 4.65. The average molecular weight is 343 g/mol. The van der Waals surface area contributed by atoms with Gasteiger partial charge in [-0.3, -0.25) is 9.78 Å². The molecule has 1 aliphatic rings. The molecule has 2 aromatic heterocycles. The molecule has 0 radical (unpaired) electrons. The van der Waals surface area contributed by atoms with Gasteiger partial charge in [-0.05, 0) is 61.7 Å². The minimum absolute atomic E-state index is 0.0406. The highest BCUT2D eigenvalue weighted by Crippen LogP contribution is 2.28. The molecule has 0 aliphatic heterocycles. The topological polar surface area (TPSA) is 54.0 Å². The molecule has 4 nitrogen and oxygen atoms in total. The molecule has 2 atom stereocenters. The molecular weight excluding hydrogens is 318 g/mol. The van der Waals surface area contributed by atoms with Gasteiger partial charge in [0, 0.05) is 24.5 Å². The highest BCUT2D eigenvalue weighted by atomic mass is 32.1. The van der Waals surface area contributed by atoms with Crippen LogP contribution < -0.4 is 10.6 Å². The monoisotopic (exact) mass is 343 g/mol. The van der Waals surface area contributed by atoms with Crippen LogP contribution in [0.2, 0.25) is 0 Å². The van der Waals surface area contributed by atoms with Crippen LogP contribution in [0.4, 0.5) is 0 Å². The smallest absolute Gasteiger partial charge is 0.261 e. The summed E-state index contributed by atoms with van der Waals surface area (Å²) in [5, 5.41) is 8.60. The van der Waals surface area contributed by atoms with Crippen molar-refractivity contribution >= 4 is 17.2 Å². The zero-order valence-electron chi connectivity index (χ0n) is 13.9. The van der Waals surface area contributed by atoms with E-state index in [1.165, 1.54) is 36.3 Å². The molecule has 3 rings (SSSR count). The van der Waals surface area contributed by atoms with Gasteiger partial charge in [-0.15, -0.1) is 11.3 Å². The number of amides is 1. The van der Waals surface area contributed by atoms with E-state index < -0.39 is 0 Å². The van der Waals surface area contributed by atoms with Gasteiger partial charge in [0.2, 0.25) is 0 Å². The van der Waals surface area contributed by atoms with Crippen molar-refractivity contribution in [2.75, 3.05) is 13.1 Å². The van der Waals surface area contributed by atoms with E-state index in [4.69, 9.17) is 0 Å². The quantitative estimate of drug-likeness (QED) is 0.723. The van der Waals surface area contributed by atoms with Crippen LogP contribution in [0.1, 0.15) is 41.0 Å². The Kier molecular flexibility index (Phi) is 6.38. The molecule has 2 unspecified atom stereocenters. The Hall–Kier alpha value is -1.72. The predicted octanol–water partition coefficient (Wildman–Crippen LogP) is 3.26.